The predicted octanol–water partition coefficient (Wildman–Crippen LogP) is 11.5. The highest BCUT2D eigenvalue weighted by Crippen LogP contribution is 2.30. The monoisotopic (exact) mass is 1050 g/mol. The van der Waals surface area contributed by atoms with Gasteiger partial charge in [-0.3, -0.25) is 0 Å². The van der Waals surface area contributed by atoms with Crippen molar-refractivity contribution in [1.82, 2.24) is 58.1 Å². The van der Waals surface area contributed by atoms with Crippen molar-refractivity contribution in [2.75, 3.05) is 0 Å². The van der Waals surface area contributed by atoms with Crippen LogP contribution in [0.1, 0.15) is 188 Å². The maximum atomic E-state index is 10.6. The van der Waals surface area contributed by atoms with Gasteiger partial charge >= 0.3 is 23.8 Å². The first kappa shape index (κ1) is 65.9. The third kappa shape index (κ3) is 18.6. The largest absolute Gasteiger partial charge is 0.434 e. The van der Waals surface area contributed by atoms with Crippen molar-refractivity contribution in [3.63, 3.8) is 0 Å². The number of aromatic nitrogens is 12. The number of aryl methyl sites for hydroxylation is 5. The number of aromatic amines is 2. The van der Waals surface area contributed by atoms with Gasteiger partial charge in [0, 0.05) is 64.7 Å². The third-order valence-electron chi connectivity index (χ3n) is 11.5. The summed E-state index contributed by atoms with van der Waals surface area (Å²) in [5.74, 6) is 1.60. The quantitative estimate of drug-likeness (QED) is 0.123. The van der Waals surface area contributed by atoms with Crippen LogP contribution >= 0.6 is 0 Å². The van der Waals surface area contributed by atoms with Crippen molar-refractivity contribution in [2.45, 2.75) is 192 Å². The topological polar surface area (TPSA) is 301 Å². The highest BCUT2D eigenvalue weighted by molar-refractivity contribution is 5.29. The summed E-state index contributed by atoms with van der Waals surface area (Å²) in [4.78, 5) is 69.5. The average molecular weight is 1050 g/mol. The lowest BCUT2D eigenvalue weighted by Crippen LogP contribution is -2.17. The van der Waals surface area contributed by atoms with E-state index in [1.165, 1.54) is 16.5 Å². The van der Waals surface area contributed by atoms with Crippen LogP contribution in [0.5, 0.6) is 0 Å². The molecule has 0 amide bonds. The Balaban J connectivity index is 0.000000451. The SMILES string of the molecule is CC(C)(C)c1cnc([N+](=O)[O-])[nH]1.Cc1[nH]c([N+](=O)[O-])nc1C(C)(C)C.Cc1c(C(C)(C)C)nc([N+](=O)[O-])n1C.Cc1nc(C(C)(C)C)cn1C.Cc1nc([N+](=O)[O-])n(C)c1C(C)(C)C.Cc1ncc(C(C)(C)C)n1C. The molecule has 0 aliphatic carbocycles. The van der Waals surface area contributed by atoms with Crippen molar-refractivity contribution in [3.8, 4) is 0 Å². The van der Waals surface area contributed by atoms with Crippen LogP contribution in [0.2, 0.25) is 0 Å². The minimum atomic E-state index is -0.532. The molecule has 75 heavy (non-hydrogen) atoms. The van der Waals surface area contributed by atoms with Crippen molar-refractivity contribution in [3.05, 3.63) is 122 Å². The third-order valence-corrected chi connectivity index (χ3v) is 11.5. The van der Waals surface area contributed by atoms with E-state index < -0.39 is 19.7 Å². The molecule has 0 aliphatic rings. The Hall–Kier alpha value is -7.14. The molecule has 0 bridgehead atoms. The molecule has 6 aromatic heterocycles. The first-order valence-corrected chi connectivity index (χ1v) is 24.3. The van der Waals surface area contributed by atoms with Gasteiger partial charge in [-0.05, 0) is 54.3 Å². The number of imidazole rings is 6. The summed E-state index contributed by atoms with van der Waals surface area (Å²) in [5, 5.41) is 41.9. The summed E-state index contributed by atoms with van der Waals surface area (Å²) >= 11 is 0. The number of nitrogens with one attached hydrogen (secondary N) is 2. The first-order chi connectivity index (χ1) is 33.6. The maximum Gasteiger partial charge on any atom is 0.434 e. The number of rotatable bonds is 4. The standard InChI is InChI=1S/2C9H15N3O2.2C9H16N2.C8H13N3O2.C7H11N3O2/c1-6-7(9(2,3)4)10-8(11(6)5)12(13)14;1-6-7(9(2,3)4)11(5)8(10-6)12(13)14;1-7-10-8(6-11(7)5)9(2,3)4;1-7-10-6-8(11(7)5)9(2,3)4;1-5-6(8(2,3)4)10-7(9-5)11(12)13;1-7(2,3)5-4-8-6(9-5)10(11)12/h2*1-5H3;2*6H,1-5H3;1-4H3,(H,9,10);4H,1-3H3,(H,8,9). The lowest BCUT2D eigenvalue weighted by molar-refractivity contribution is -0.396. The lowest BCUT2D eigenvalue weighted by Gasteiger charge is -2.18. The molecule has 6 aromatic rings. The second-order valence-corrected chi connectivity index (χ2v) is 24.5. The number of hydrogen-bond acceptors (Lipinski definition) is 14. The molecule has 0 saturated heterocycles. The first-order valence-electron chi connectivity index (χ1n) is 24.3. The van der Waals surface area contributed by atoms with E-state index >= 15 is 0 Å². The molecule has 418 valence electrons. The summed E-state index contributed by atoms with van der Waals surface area (Å²) < 4.78 is 7.26. The zero-order valence-electron chi connectivity index (χ0n) is 49.8. The van der Waals surface area contributed by atoms with Crippen molar-refractivity contribution in [1.29, 1.82) is 0 Å². The van der Waals surface area contributed by atoms with Gasteiger partial charge in [0.1, 0.15) is 40.6 Å². The van der Waals surface area contributed by atoms with Gasteiger partial charge in [-0.15, -0.1) is 0 Å². The minimum Gasteiger partial charge on any atom is -0.390 e. The molecule has 0 aromatic carbocycles. The predicted molar refractivity (Wildman–Crippen MR) is 293 cm³/mol. The van der Waals surface area contributed by atoms with E-state index in [0.29, 0.717) is 0 Å². The van der Waals surface area contributed by atoms with Gasteiger partial charge in [-0.1, -0.05) is 145 Å². The molecule has 0 fully saturated rings. The minimum absolute atomic E-state index is 0.0903. The highest BCUT2D eigenvalue weighted by atomic mass is 16.6. The Morgan fingerprint density at radius 3 is 1.16 bits per heavy atom. The Morgan fingerprint density at radius 2 is 0.947 bits per heavy atom. The number of nitro groups is 4. The van der Waals surface area contributed by atoms with Crippen LogP contribution in [0.3, 0.4) is 0 Å². The van der Waals surface area contributed by atoms with Gasteiger partial charge in [0.05, 0.1) is 19.8 Å². The summed E-state index contributed by atoms with van der Waals surface area (Å²) in [6, 6.07) is 0. The van der Waals surface area contributed by atoms with Crippen molar-refractivity contribution >= 4 is 23.8 Å². The molecule has 24 nitrogen and oxygen atoms in total. The zero-order chi connectivity index (χ0) is 59.1. The van der Waals surface area contributed by atoms with E-state index in [1.807, 2.05) is 117 Å². The van der Waals surface area contributed by atoms with Crippen LogP contribution in [-0.4, -0.2) is 77.8 Å². The summed E-state index contributed by atoms with van der Waals surface area (Å²) in [6.45, 7) is 46.4. The van der Waals surface area contributed by atoms with Crippen LogP contribution in [0, 0.1) is 75.1 Å². The molecule has 2 N–H and O–H groups in total. The van der Waals surface area contributed by atoms with Gasteiger partial charge in [-0.25, -0.2) is 29.1 Å². The van der Waals surface area contributed by atoms with Gasteiger partial charge in [0.15, 0.2) is 17.1 Å². The molecule has 0 unspecified atom stereocenters. The van der Waals surface area contributed by atoms with E-state index in [4.69, 9.17) is 0 Å². The highest BCUT2D eigenvalue weighted by Gasteiger charge is 2.32. The molecule has 6 heterocycles. The fraction of sp³-hybridized carbons (Fsp3) is 0.647. The molecule has 0 atom stereocenters. The zero-order valence-corrected chi connectivity index (χ0v) is 49.8. The smallest absolute Gasteiger partial charge is 0.390 e. The summed E-state index contributed by atoms with van der Waals surface area (Å²) in [6.07, 6.45) is 5.54. The van der Waals surface area contributed by atoms with E-state index in [0.717, 1.165) is 57.2 Å². The van der Waals surface area contributed by atoms with Gasteiger partial charge in [-0.2, -0.15) is 0 Å². The van der Waals surface area contributed by atoms with Crippen molar-refractivity contribution in [2.24, 2.45) is 28.2 Å². The van der Waals surface area contributed by atoms with E-state index in [2.05, 4.69) is 104 Å². The lowest BCUT2D eigenvalue weighted by atomic mass is 9.91. The van der Waals surface area contributed by atoms with E-state index in [1.54, 1.807) is 32.5 Å². The number of hydrogen-bond donors (Lipinski definition) is 2. The Kier molecular flexibility index (Phi) is 21.5. The van der Waals surface area contributed by atoms with Crippen LogP contribution < -0.4 is 0 Å². The van der Waals surface area contributed by atoms with E-state index in [9.17, 15) is 40.5 Å². The number of nitrogens with zero attached hydrogens (tertiary/aromatic N) is 14. The molecule has 6 rings (SSSR count). The van der Waals surface area contributed by atoms with Crippen molar-refractivity contribution < 1.29 is 19.7 Å². The Bertz CT molecular complexity index is 2870. The Labute approximate surface area is 442 Å². The normalized spacial score (nSPS) is 11.8. The molecule has 24 heteroatoms. The molecular formula is C51H86N16O8. The van der Waals surface area contributed by atoms with Crippen LogP contribution in [0.25, 0.3) is 0 Å². The van der Waals surface area contributed by atoms with Gasteiger partial charge in [0.25, 0.3) is 0 Å². The fourth-order valence-corrected chi connectivity index (χ4v) is 7.43. The second kappa shape index (κ2) is 24.5. The van der Waals surface area contributed by atoms with Crippen LogP contribution in [0.15, 0.2) is 18.6 Å². The molecule has 0 saturated carbocycles. The summed E-state index contributed by atoms with van der Waals surface area (Å²) in [7, 11) is 7.43. The van der Waals surface area contributed by atoms with Crippen LogP contribution in [-0.2, 0) is 60.7 Å². The van der Waals surface area contributed by atoms with Gasteiger partial charge in [0.2, 0.25) is 0 Å². The Morgan fingerprint density at radius 1 is 0.467 bits per heavy atom. The van der Waals surface area contributed by atoms with Crippen LogP contribution in [0.4, 0.5) is 23.8 Å². The number of H-pyrrole nitrogens is 2. The van der Waals surface area contributed by atoms with E-state index in [-0.39, 0.29) is 56.3 Å². The molecule has 0 aliphatic heterocycles. The maximum absolute atomic E-state index is 10.6. The average Bonchev–Trinajstić information content (AvgIpc) is 4.08. The molecule has 0 radical (unpaired) electrons. The molecule has 0 spiro atoms. The molecular weight excluding hydrogens is 965 g/mol. The second-order valence-electron chi connectivity index (χ2n) is 24.5. The van der Waals surface area contributed by atoms with Gasteiger partial charge < -0.3 is 49.6 Å². The fourth-order valence-electron chi connectivity index (χ4n) is 7.43. The summed E-state index contributed by atoms with van der Waals surface area (Å²) in [5.41, 5.74) is 7.82.